The molecular formula is C37H43N5O9S. The van der Waals surface area contributed by atoms with E-state index < -0.39 is 74.1 Å². The molecule has 2 saturated carbocycles. The Morgan fingerprint density at radius 2 is 1.73 bits per heavy atom. The molecule has 1 saturated heterocycles. The maximum absolute atomic E-state index is 14.5. The number of hydrogen-bond acceptors (Lipinski definition) is 10. The molecule has 3 aliphatic rings. The predicted molar refractivity (Wildman–Crippen MR) is 191 cm³/mol. The van der Waals surface area contributed by atoms with Crippen molar-refractivity contribution in [1.82, 2.24) is 25.2 Å². The molecule has 4 amide bonds. The van der Waals surface area contributed by atoms with Gasteiger partial charge in [-0.2, -0.15) is 0 Å². The summed E-state index contributed by atoms with van der Waals surface area (Å²) >= 11 is 0. The second kappa shape index (κ2) is 14.1. The average molecular weight is 734 g/mol. The molecule has 6 rings (SSSR count). The normalized spacial score (nSPS) is 23.2. The molecule has 1 aromatic heterocycles. The largest absolute Gasteiger partial charge is 0.493 e. The number of fused-ring (bicyclic) bond motifs is 1. The molecule has 5 atom stereocenters. The third-order valence-corrected chi connectivity index (χ3v) is 11.5. The van der Waals surface area contributed by atoms with Crippen molar-refractivity contribution < 1.29 is 41.8 Å². The number of benzene rings is 2. The molecule has 2 aromatic carbocycles. The summed E-state index contributed by atoms with van der Waals surface area (Å²) < 4.78 is 44.6. The Hall–Kier alpha value is -5.18. The monoisotopic (exact) mass is 733 g/mol. The Morgan fingerprint density at radius 1 is 1.04 bits per heavy atom. The first-order valence-corrected chi connectivity index (χ1v) is 18.6. The highest BCUT2D eigenvalue weighted by Gasteiger charge is 2.62. The fourth-order valence-electron chi connectivity index (χ4n) is 6.50. The van der Waals surface area contributed by atoms with Crippen LogP contribution in [0.25, 0.3) is 10.8 Å². The van der Waals surface area contributed by atoms with Crippen molar-refractivity contribution >= 4 is 44.6 Å². The van der Waals surface area contributed by atoms with Gasteiger partial charge in [-0.25, -0.2) is 18.2 Å². The molecule has 2 heterocycles. The Morgan fingerprint density at radius 3 is 2.38 bits per heavy atom. The third-order valence-electron chi connectivity index (χ3n) is 9.66. The molecule has 2 aliphatic carbocycles. The van der Waals surface area contributed by atoms with Crippen LogP contribution < -0.4 is 29.6 Å². The fourth-order valence-corrected chi connectivity index (χ4v) is 7.87. The van der Waals surface area contributed by atoms with Crippen molar-refractivity contribution in [2.24, 2.45) is 11.3 Å². The van der Waals surface area contributed by atoms with Crippen LogP contribution in [0.3, 0.4) is 0 Å². The highest BCUT2D eigenvalue weighted by Crippen LogP contribution is 2.45. The van der Waals surface area contributed by atoms with E-state index in [2.05, 4.69) is 26.9 Å². The molecule has 15 heteroatoms. The van der Waals surface area contributed by atoms with E-state index >= 15 is 0 Å². The number of rotatable bonds is 12. The summed E-state index contributed by atoms with van der Waals surface area (Å²) in [6, 6.07) is 13.6. The summed E-state index contributed by atoms with van der Waals surface area (Å²) in [5.41, 5.74) is -2.43. The maximum Gasteiger partial charge on any atom is 0.413 e. The van der Waals surface area contributed by atoms with Crippen molar-refractivity contribution in [3.63, 3.8) is 0 Å². The van der Waals surface area contributed by atoms with Gasteiger partial charge in [0.15, 0.2) is 11.5 Å². The lowest BCUT2D eigenvalue weighted by atomic mass is 9.85. The molecule has 1 aliphatic heterocycles. The van der Waals surface area contributed by atoms with Crippen molar-refractivity contribution in [3.8, 4) is 17.4 Å². The smallest absolute Gasteiger partial charge is 0.413 e. The topological polar surface area (TPSA) is 182 Å². The lowest BCUT2D eigenvalue weighted by Gasteiger charge is -2.35. The molecule has 52 heavy (non-hydrogen) atoms. The van der Waals surface area contributed by atoms with E-state index in [4.69, 9.17) is 14.2 Å². The molecular weight excluding hydrogens is 691 g/mol. The second-order valence-corrected chi connectivity index (χ2v) is 16.4. The van der Waals surface area contributed by atoms with Crippen LogP contribution in [0.4, 0.5) is 4.79 Å². The maximum atomic E-state index is 14.5. The summed E-state index contributed by atoms with van der Waals surface area (Å²) in [4.78, 5) is 61.2. The molecule has 3 aromatic rings. The van der Waals surface area contributed by atoms with Gasteiger partial charge in [-0.1, -0.05) is 57.2 Å². The van der Waals surface area contributed by atoms with Crippen LogP contribution in [0.2, 0.25) is 0 Å². The van der Waals surface area contributed by atoms with E-state index in [-0.39, 0.29) is 25.1 Å². The van der Waals surface area contributed by atoms with E-state index in [1.807, 2.05) is 30.3 Å². The number of hydrogen-bond donors (Lipinski definition) is 3. The first kappa shape index (κ1) is 36.6. The van der Waals surface area contributed by atoms with Crippen LogP contribution in [-0.2, 0) is 24.4 Å². The van der Waals surface area contributed by atoms with Crippen molar-refractivity contribution in [2.45, 2.75) is 75.4 Å². The highest BCUT2D eigenvalue weighted by atomic mass is 32.2. The lowest BCUT2D eigenvalue weighted by Crippen LogP contribution is -2.60. The van der Waals surface area contributed by atoms with Crippen molar-refractivity contribution in [2.75, 3.05) is 13.7 Å². The van der Waals surface area contributed by atoms with Crippen LogP contribution in [0.15, 0.2) is 73.4 Å². The summed E-state index contributed by atoms with van der Waals surface area (Å²) in [5.74, 6) is -1.88. The standard InChI is InChI=1S/C37H43N5O9S/c1-6-23-20-37(23,34(45)41-52(47,48)25-15-16-25)40-31(43)27-19-24(50-32-26-12-8-7-11-22(26)17-18-38-32)21-42(27)33(44)30(36(2,3)4)39-35(46)51-29-14-10-9-13-28(29)49-5/h6-14,17-18,23-25,27,30H,1,15-16,19-21H2,2-5H3,(H,39,46)(H,40,43)(H,41,45). The Labute approximate surface area is 302 Å². The van der Waals surface area contributed by atoms with Gasteiger partial charge in [0, 0.05) is 23.9 Å². The van der Waals surface area contributed by atoms with Gasteiger partial charge in [-0.05, 0) is 54.3 Å². The molecule has 276 valence electrons. The second-order valence-electron chi connectivity index (χ2n) is 14.5. The summed E-state index contributed by atoms with van der Waals surface area (Å²) in [7, 11) is -2.47. The first-order chi connectivity index (χ1) is 24.7. The molecule has 0 spiro atoms. The molecule has 3 N–H and O–H groups in total. The van der Waals surface area contributed by atoms with Gasteiger partial charge in [0.05, 0.1) is 18.9 Å². The number of pyridine rings is 1. The Bertz CT molecular complexity index is 2010. The number of sulfonamides is 1. The summed E-state index contributed by atoms with van der Waals surface area (Å²) in [6.07, 6.45) is 2.53. The van der Waals surface area contributed by atoms with Gasteiger partial charge in [0.25, 0.3) is 5.91 Å². The Balaban J connectivity index is 1.27. The predicted octanol–water partition coefficient (Wildman–Crippen LogP) is 3.46. The zero-order valence-electron chi connectivity index (χ0n) is 29.5. The molecule has 5 unspecified atom stereocenters. The van der Waals surface area contributed by atoms with Crippen molar-refractivity contribution in [1.29, 1.82) is 0 Å². The van der Waals surface area contributed by atoms with Crippen LogP contribution in [0, 0.1) is 11.3 Å². The van der Waals surface area contributed by atoms with Crippen LogP contribution in [-0.4, -0.2) is 84.7 Å². The number of aromatic nitrogens is 1. The number of para-hydroxylation sites is 2. The number of carbonyl (C=O) groups is 4. The van der Waals surface area contributed by atoms with Crippen LogP contribution in [0.5, 0.6) is 17.4 Å². The van der Waals surface area contributed by atoms with Gasteiger partial charge < -0.3 is 29.7 Å². The number of likely N-dealkylation sites (tertiary alicyclic amines) is 1. The van der Waals surface area contributed by atoms with E-state index in [1.54, 1.807) is 51.2 Å². The third kappa shape index (κ3) is 7.54. The number of nitrogens with zero attached hydrogens (tertiary/aromatic N) is 2. The van der Waals surface area contributed by atoms with Gasteiger partial charge in [-0.15, -0.1) is 6.58 Å². The van der Waals surface area contributed by atoms with E-state index in [0.29, 0.717) is 24.5 Å². The quantitative estimate of drug-likeness (QED) is 0.233. The minimum atomic E-state index is -3.90. The minimum absolute atomic E-state index is 0.0157. The zero-order chi connectivity index (χ0) is 37.4. The van der Waals surface area contributed by atoms with E-state index in [9.17, 15) is 27.6 Å². The van der Waals surface area contributed by atoms with Gasteiger partial charge >= 0.3 is 6.09 Å². The molecule has 14 nitrogen and oxygen atoms in total. The number of nitrogens with one attached hydrogen (secondary N) is 3. The first-order valence-electron chi connectivity index (χ1n) is 17.1. The van der Waals surface area contributed by atoms with Crippen molar-refractivity contribution in [3.05, 3.63) is 73.4 Å². The number of methoxy groups -OCH3 is 1. The van der Waals surface area contributed by atoms with Gasteiger partial charge in [0.2, 0.25) is 27.7 Å². The van der Waals surface area contributed by atoms with E-state index in [1.165, 1.54) is 18.1 Å². The number of amides is 4. The zero-order valence-corrected chi connectivity index (χ0v) is 30.3. The number of carbonyl (C=O) groups excluding carboxylic acids is 4. The molecule has 3 fully saturated rings. The van der Waals surface area contributed by atoms with E-state index in [0.717, 1.165) is 10.8 Å². The highest BCUT2D eigenvalue weighted by molar-refractivity contribution is 7.91. The van der Waals surface area contributed by atoms with Gasteiger partial charge in [0.1, 0.15) is 23.7 Å². The molecule has 0 radical (unpaired) electrons. The fraction of sp³-hybridized carbons (Fsp3) is 0.432. The number of ether oxygens (including phenoxy) is 3. The summed E-state index contributed by atoms with van der Waals surface area (Å²) in [6.45, 7) is 8.99. The minimum Gasteiger partial charge on any atom is -0.493 e. The molecule has 0 bridgehead atoms. The van der Waals surface area contributed by atoms with Gasteiger partial charge in [-0.3, -0.25) is 19.1 Å². The van der Waals surface area contributed by atoms with Crippen LogP contribution in [0.1, 0.15) is 46.5 Å². The average Bonchev–Trinajstić information content (AvgIpc) is 4.03. The Kier molecular flexibility index (Phi) is 9.92. The lowest BCUT2D eigenvalue weighted by molar-refractivity contribution is -0.142. The van der Waals surface area contributed by atoms with Crippen LogP contribution >= 0.6 is 0 Å². The summed E-state index contributed by atoms with van der Waals surface area (Å²) in [5, 5.41) is 6.44. The SMILES string of the molecule is C=CC1CC1(NC(=O)C1CC(Oc2nccc3ccccc23)CN1C(=O)C(NC(=O)Oc1ccccc1OC)C(C)(C)C)C(=O)NS(=O)(=O)C1CC1.